The van der Waals surface area contributed by atoms with Gasteiger partial charge >= 0.3 is 0 Å². The monoisotopic (exact) mass is 381 g/mol. The van der Waals surface area contributed by atoms with Gasteiger partial charge in [-0.2, -0.15) is 4.31 Å². The van der Waals surface area contributed by atoms with E-state index in [-0.39, 0.29) is 16.0 Å². The zero-order valence-corrected chi connectivity index (χ0v) is 14.3. The summed E-state index contributed by atoms with van der Waals surface area (Å²) in [7, 11) is -3.59. The molecule has 1 aliphatic heterocycles. The zero-order valence-electron chi connectivity index (χ0n) is 11.2. The molecule has 112 valence electrons. The maximum Gasteiger partial charge on any atom is 0.244 e. The summed E-state index contributed by atoms with van der Waals surface area (Å²) in [6.45, 7) is 3.31. The molecular weight excluding hydrogens is 366 g/mol. The van der Waals surface area contributed by atoms with Crippen molar-refractivity contribution in [1.82, 2.24) is 4.31 Å². The number of ether oxygens (including phenoxy) is 1. The Labute approximate surface area is 133 Å². The smallest absolute Gasteiger partial charge is 0.244 e. The van der Waals surface area contributed by atoms with Crippen LogP contribution in [0.1, 0.15) is 19.8 Å². The van der Waals surface area contributed by atoms with Crippen molar-refractivity contribution < 1.29 is 13.2 Å². The molecule has 1 saturated heterocycles. The molecule has 1 fully saturated rings. The minimum Gasteiger partial charge on any atom is -0.377 e. The van der Waals surface area contributed by atoms with Gasteiger partial charge in [-0.1, -0.05) is 34.5 Å². The SMILES string of the molecule is CCN(CC1CCCO1)S(=O)(=O)c1ccc(Br)cc1Cl. The maximum absolute atomic E-state index is 12.7. The number of hydrogen-bond acceptors (Lipinski definition) is 3. The van der Waals surface area contributed by atoms with Crippen molar-refractivity contribution in [3.8, 4) is 0 Å². The summed E-state index contributed by atoms with van der Waals surface area (Å²) in [5.41, 5.74) is 0. The predicted octanol–water partition coefficient (Wildman–Crippen LogP) is 3.29. The first-order valence-electron chi connectivity index (χ1n) is 6.52. The van der Waals surface area contributed by atoms with Crippen LogP contribution in [-0.4, -0.2) is 38.5 Å². The Balaban J connectivity index is 2.26. The molecule has 20 heavy (non-hydrogen) atoms. The molecule has 1 heterocycles. The van der Waals surface area contributed by atoms with Crippen LogP contribution in [0, 0.1) is 0 Å². The molecule has 0 N–H and O–H groups in total. The van der Waals surface area contributed by atoms with Crippen LogP contribution in [0.5, 0.6) is 0 Å². The molecule has 1 atom stereocenters. The van der Waals surface area contributed by atoms with Crippen LogP contribution in [0.3, 0.4) is 0 Å². The number of hydrogen-bond donors (Lipinski definition) is 0. The van der Waals surface area contributed by atoms with Crippen LogP contribution < -0.4 is 0 Å². The van der Waals surface area contributed by atoms with Crippen molar-refractivity contribution in [2.75, 3.05) is 19.7 Å². The standard InChI is InChI=1S/C13H17BrClNO3S/c1-2-16(9-11-4-3-7-19-11)20(17,18)13-6-5-10(14)8-12(13)15/h5-6,8,11H,2-4,7,9H2,1H3. The van der Waals surface area contributed by atoms with Gasteiger partial charge in [0.2, 0.25) is 10.0 Å². The average Bonchev–Trinajstić information content (AvgIpc) is 2.88. The second kappa shape index (κ2) is 6.75. The zero-order chi connectivity index (χ0) is 14.8. The molecule has 4 nitrogen and oxygen atoms in total. The van der Waals surface area contributed by atoms with E-state index in [4.69, 9.17) is 16.3 Å². The van der Waals surface area contributed by atoms with Gasteiger partial charge in [0.25, 0.3) is 0 Å². The Bertz CT molecular complexity index is 573. The number of likely N-dealkylation sites (N-methyl/N-ethyl adjacent to an activating group) is 1. The number of nitrogens with zero attached hydrogens (tertiary/aromatic N) is 1. The molecule has 0 amide bonds. The van der Waals surface area contributed by atoms with E-state index in [9.17, 15) is 8.42 Å². The molecule has 0 radical (unpaired) electrons. The Morgan fingerprint density at radius 3 is 2.80 bits per heavy atom. The fraction of sp³-hybridized carbons (Fsp3) is 0.538. The first-order chi connectivity index (χ1) is 9.45. The highest BCUT2D eigenvalue weighted by atomic mass is 79.9. The third kappa shape index (κ3) is 3.54. The molecule has 1 aliphatic rings. The Morgan fingerprint density at radius 2 is 2.25 bits per heavy atom. The first kappa shape index (κ1) is 16.2. The van der Waals surface area contributed by atoms with Gasteiger partial charge in [-0.25, -0.2) is 8.42 Å². The molecule has 0 saturated carbocycles. The highest BCUT2D eigenvalue weighted by molar-refractivity contribution is 9.10. The summed E-state index contributed by atoms with van der Waals surface area (Å²) >= 11 is 9.34. The van der Waals surface area contributed by atoms with Gasteiger partial charge in [-0.05, 0) is 31.0 Å². The molecule has 0 spiro atoms. The molecule has 2 rings (SSSR count). The third-order valence-electron chi connectivity index (χ3n) is 3.30. The normalized spacial score (nSPS) is 19.7. The van der Waals surface area contributed by atoms with E-state index in [2.05, 4.69) is 15.9 Å². The van der Waals surface area contributed by atoms with Crippen molar-refractivity contribution in [2.24, 2.45) is 0 Å². The van der Waals surface area contributed by atoms with Crippen LogP contribution >= 0.6 is 27.5 Å². The molecule has 1 aromatic rings. The molecule has 1 aromatic carbocycles. The largest absolute Gasteiger partial charge is 0.377 e. The number of sulfonamides is 1. The van der Waals surface area contributed by atoms with Crippen LogP contribution in [0.15, 0.2) is 27.6 Å². The summed E-state index contributed by atoms with van der Waals surface area (Å²) in [6, 6.07) is 4.80. The predicted molar refractivity (Wildman–Crippen MR) is 82.6 cm³/mol. The van der Waals surface area contributed by atoms with E-state index in [1.165, 1.54) is 10.4 Å². The molecule has 7 heteroatoms. The lowest BCUT2D eigenvalue weighted by Crippen LogP contribution is -2.37. The second-order valence-electron chi connectivity index (χ2n) is 4.67. The van der Waals surface area contributed by atoms with E-state index in [1.54, 1.807) is 12.1 Å². The minimum atomic E-state index is -3.59. The van der Waals surface area contributed by atoms with Crippen LogP contribution in [0.4, 0.5) is 0 Å². The van der Waals surface area contributed by atoms with Crippen molar-refractivity contribution in [3.05, 3.63) is 27.7 Å². The van der Waals surface area contributed by atoms with E-state index >= 15 is 0 Å². The lowest BCUT2D eigenvalue weighted by Gasteiger charge is -2.23. The first-order valence-corrected chi connectivity index (χ1v) is 9.13. The van der Waals surface area contributed by atoms with Gasteiger partial charge in [0.15, 0.2) is 0 Å². The summed E-state index contributed by atoms with van der Waals surface area (Å²) in [6.07, 6.45) is 1.88. The van der Waals surface area contributed by atoms with Gasteiger partial charge in [0.05, 0.1) is 11.1 Å². The fourth-order valence-electron chi connectivity index (χ4n) is 2.24. The van der Waals surface area contributed by atoms with Gasteiger partial charge < -0.3 is 4.74 Å². The van der Waals surface area contributed by atoms with E-state index in [0.29, 0.717) is 19.7 Å². The summed E-state index contributed by atoms with van der Waals surface area (Å²) in [5, 5.41) is 0.227. The Hall–Kier alpha value is -0.140. The molecule has 0 aromatic heterocycles. The minimum absolute atomic E-state index is 0.0149. The Kier molecular flexibility index (Phi) is 5.48. The van der Waals surface area contributed by atoms with E-state index in [0.717, 1.165) is 17.3 Å². The average molecular weight is 383 g/mol. The van der Waals surface area contributed by atoms with Crippen molar-refractivity contribution in [3.63, 3.8) is 0 Å². The quantitative estimate of drug-likeness (QED) is 0.785. The lowest BCUT2D eigenvalue weighted by atomic mass is 10.2. The van der Waals surface area contributed by atoms with Gasteiger partial charge in [0.1, 0.15) is 4.90 Å². The molecule has 0 bridgehead atoms. The van der Waals surface area contributed by atoms with Crippen molar-refractivity contribution >= 4 is 37.6 Å². The van der Waals surface area contributed by atoms with Crippen molar-refractivity contribution in [1.29, 1.82) is 0 Å². The summed E-state index contributed by atoms with van der Waals surface area (Å²) in [4.78, 5) is 0.141. The number of halogens is 2. The van der Waals surface area contributed by atoms with Crippen LogP contribution in [-0.2, 0) is 14.8 Å². The topological polar surface area (TPSA) is 46.6 Å². The van der Waals surface area contributed by atoms with Crippen LogP contribution in [0.25, 0.3) is 0 Å². The molecular formula is C13H17BrClNO3S. The van der Waals surface area contributed by atoms with Gasteiger partial charge in [-0.3, -0.25) is 0 Å². The molecule has 0 aliphatic carbocycles. The second-order valence-corrected chi connectivity index (χ2v) is 7.89. The van der Waals surface area contributed by atoms with Gasteiger partial charge in [-0.15, -0.1) is 0 Å². The van der Waals surface area contributed by atoms with E-state index in [1.807, 2.05) is 6.92 Å². The van der Waals surface area contributed by atoms with Crippen molar-refractivity contribution in [2.45, 2.75) is 30.8 Å². The van der Waals surface area contributed by atoms with Gasteiger partial charge in [0, 0.05) is 24.2 Å². The van der Waals surface area contributed by atoms with Crippen LogP contribution in [0.2, 0.25) is 5.02 Å². The fourth-order valence-corrected chi connectivity index (χ4v) is 4.73. The Morgan fingerprint density at radius 1 is 1.50 bits per heavy atom. The highest BCUT2D eigenvalue weighted by Crippen LogP contribution is 2.28. The third-order valence-corrected chi connectivity index (χ3v) is 6.21. The summed E-state index contributed by atoms with van der Waals surface area (Å²) < 4.78 is 33.0. The van der Waals surface area contributed by atoms with E-state index < -0.39 is 10.0 Å². The lowest BCUT2D eigenvalue weighted by molar-refractivity contribution is 0.0947. The molecule has 1 unspecified atom stereocenters. The highest BCUT2D eigenvalue weighted by Gasteiger charge is 2.29. The number of benzene rings is 1. The summed E-state index contributed by atoms with van der Waals surface area (Å²) in [5.74, 6) is 0. The number of rotatable bonds is 5. The maximum atomic E-state index is 12.7.